The van der Waals surface area contributed by atoms with Crippen LogP contribution in [0.25, 0.3) is 11.1 Å². The van der Waals surface area contributed by atoms with Crippen LogP contribution in [0.2, 0.25) is 0 Å². The molecule has 0 radical (unpaired) electrons. The highest BCUT2D eigenvalue weighted by Gasteiger charge is 2.22. The number of oxazole rings is 1. The van der Waals surface area contributed by atoms with Gasteiger partial charge in [0, 0.05) is 38.7 Å². The molecule has 0 atom stereocenters. The van der Waals surface area contributed by atoms with Crippen molar-refractivity contribution in [1.82, 2.24) is 9.88 Å². The Bertz CT molecular complexity index is 1150. The van der Waals surface area contributed by atoms with E-state index in [0.29, 0.717) is 42.6 Å². The van der Waals surface area contributed by atoms with E-state index in [0.717, 1.165) is 31.5 Å². The molecule has 1 fully saturated rings. The van der Waals surface area contributed by atoms with Gasteiger partial charge in [0.25, 0.3) is 6.01 Å². The number of carbonyl (C=O) groups excluding carboxylic acids is 1. The quantitative estimate of drug-likeness (QED) is 0.295. The predicted octanol–water partition coefficient (Wildman–Crippen LogP) is 4.74. The molecular weight excluding hydrogens is 469 g/mol. The van der Waals surface area contributed by atoms with Gasteiger partial charge in [-0.3, -0.25) is 9.69 Å². The van der Waals surface area contributed by atoms with Crippen LogP contribution in [-0.2, 0) is 16.1 Å². The van der Waals surface area contributed by atoms with E-state index in [-0.39, 0.29) is 24.3 Å². The smallest absolute Gasteiger partial charge is 0.305 e. The molecule has 1 aliphatic heterocycles. The third-order valence-electron chi connectivity index (χ3n) is 5.83. The Morgan fingerprint density at radius 1 is 1.11 bits per heavy atom. The number of likely N-dealkylation sites (tertiary alicyclic amines) is 1. The molecule has 4 rings (SSSR count). The lowest BCUT2D eigenvalue weighted by Crippen LogP contribution is -2.38. The number of rotatable bonds is 11. The van der Waals surface area contributed by atoms with E-state index in [9.17, 15) is 9.18 Å². The lowest BCUT2D eigenvalue weighted by molar-refractivity contribution is -0.147. The summed E-state index contributed by atoms with van der Waals surface area (Å²) in [5.74, 6) is 0.138. The summed E-state index contributed by atoms with van der Waals surface area (Å²) in [6, 6.07) is 9.45. The molecule has 3 aromatic rings. The van der Waals surface area contributed by atoms with Gasteiger partial charge in [0.05, 0.1) is 13.2 Å². The SMILES string of the molecule is CCOc1cc(CN2CCC(Nc3nc4cc(OCOC(C)=O)ccc4o3)CC2)cc(OCC)c1F. The van der Waals surface area contributed by atoms with E-state index in [1.807, 2.05) is 13.8 Å². The molecule has 0 unspecified atom stereocenters. The number of hydrogen-bond acceptors (Lipinski definition) is 9. The second-order valence-corrected chi connectivity index (χ2v) is 8.51. The number of nitrogens with zero attached hydrogens (tertiary/aromatic N) is 2. The lowest BCUT2D eigenvalue weighted by atomic mass is 10.0. The molecule has 194 valence electrons. The van der Waals surface area contributed by atoms with Crippen molar-refractivity contribution in [3.05, 3.63) is 41.7 Å². The molecule has 0 aliphatic carbocycles. The number of ether oxygens (including phenoxy) is 4. The molecule has 0 saturated carbocycles. The van der Waals surface area contributed by atoms with Crippen molar-refractivity contribution in [2.24, 2.45) is 0 Å². The minimum atomic E-state index is -0.452. The zero-order valence-corrected chi connectivity index (χ0v) is 20.8. The van der Waals surface area contributed by atoms with Gasteiger partial charge in [-0.15, -0.1) is 0 Å². The summed E-state index contributed by atoms with van der Waals surface area (Å²) in [5.41, 5.74) is 2.25. The van der Waals surface area contributed by atoms with Gasteiger partial charge in [0.15, 0.2) is 17.1 Å². The Labute approximate surface area is 209 Å². The van der Waals surface area contributed by atoms with Crippen molar-refractivity contribution in [3.8, 4) is 17.2 Å². The largest absolute Gasteiger partial charge is 0.491 e. The van der Waals surface area contributed by atoms with Gasteiger partial charge in [0.1, 0.15) is 11.3 Å². The first-order valence-corrected chi connectivity index (χ1v) is 12.2. The highest BCUT2D eigenvalue weighted by atomic mass is 19.1. The summed E-state index contributed by atoms with van der Waals surface area (Å²) in [5, 5.41) is 3.39. The van der Waals surface area contributed by atoms with E-state index >= 15 is 0 Å². The number of benzene rings is 2. The van der Waals surface area contributed by atoms with Crippen LogP contribution in [0, 0.1) is 5.82 Å². The lowest BCUT2D eigenvalue weighted by Gasteiger charge is -2.32. The van der Waals surface area contributed by atoms with Crippen LogP contribution in [0.5, 0.6) is 17.2 Å². The fourth-order valence-corrected chi connectivity index (χ4v) is 4.15. The van der Waals surface area contributed by atoms with Crippen molar-refractivity contribution >= 4 is 23.1 Å². The van der Waals surface area contributed by atoms with Crippen molar-refractivity contribution in [2.45, 2.75) is 46.2 Å². The summed E-state index contributed by atoms with van der Waals surface area (Å²) in [4.78, 5) is 17.7. The fourth-order valence-electron chi connectivity index (χ4n) is 4.15. The molecule has 1 aliphatic rings. The molecule has 0 spiro atoms. The maximum atomic E-state index is 14.5. The van der Waals surface area contributed by atoms with Gasteiger partial charge in [-0.05, 0) is 56.5 Å². The first-order chi connectivity index (χ1) is 17.4. The Balaban J connectivity index is 1.32. The molecule has 1 N–H and O–H groups in total. The van der Waals surface area contributed by atoms with Crippen LogP contribution >= 0.6 is 0 Å². The van der Waals surface area contributed by atoms with Crippen LogP contribution in [0.3, 0.4) is 0 Å². The zero-order chi connectivity index (χ0) is 25.5. The minimum Gasteiger partial charge on any atom is -0.491 e. The summed E-state index contributed by atoms with van der Waals surface area (Å²) in [6.45, 7) is 8.05. The van der Waals surface area contributed by atoms with Gasteiger partial charge >= 0.3 is 5.97 Å². The van der Waals surface area contributed by atoms with Crippen LogP contribution in [0.4, 0.5) is 10.4 Å². The van der Waals surface area contributed by atoms with Crippen molar-refractivity contribution < 1.29 is 32.5 Å². The number of piperidine rings is 1. The Morgan fingerprint density at radius 3 is 2.44 bits per heavy atom. The molecule has 36 heavy (non-hydrogen) atoms. The van der Waals surface area contributed by atoms with E-state index in [1.54, 1.807) is 30.3 Å². The molecule has 0 bridgehead atoms. The average Bonchev–Trinajstić information content (AvgIpc) is 3.25. The molecule has 2 heterocycles. The predicted molar refractivity (Wildman–Crippen MR) is 132 cm³/mol. The number of halogens is 1. The van der Waals surface area contributed by atoms with Gasteiger partial charge in [-0.25, -0.2) is 0 Å². The summed E-state index contributed by atoms with van der Waals surface area (Å²) >= 11 is 0. The normalized spacial score (nSPS) is 14.6. The second kappa shape index (κ2) is 11.9. The minimum absolute atomic E-state index is 0.153. The first-order valence-electron chi connectivity index (χ1n) is 12.2. The van der Waals surface area contributed by atoms with E-state index in [4.69, 9.17) is 23.4 Å². The topological polar surface area (TPSA) is 95.3 Å². The molecule has 0 amide bonds. The van der Waals surface area contributed by atoms with Gasteiger partial charge < -0.3 is 28.7 Å². The number of anilines is 1. The van der Waals surface area contributed by atoms with Gasteiger partial charge in [-0.1, -0.05) is 0 Å². The number of nitrogens with one attached hydrogen (secondary N) is 1. The van der Waals surface area contributed by atoms with Crippen molar-refractivity contribution in [1.29, 1.82) is 0 Å². The Morgan fingerprint density at radius 2 is 1.81 bits per heavy atom. The molecule has 1 aromatic heterocycles. The summed E-state index contributed by atoms with van der Waals surface area (Å²) < 4.78 is 41.5. The number of carbonyl (C=O) groups is 1. The van der Waals surface area contributed by atoms with Crippen molar-refractivity contribution in [2.75, 3.05) is 38.4 Å². The Hall–Kier alpha value is -3.53. The highest BCUT2D eigenvalue weighted by Crippen LogP contribution is 2.31. The molecule has 10 heteroatoms. The standard InChI is InChI=1S/C26H32FN3O6/c1-4-32-23-12-18(13-24(25(23)27)33-5-2)15-30-10-8-19(9-11-30)28-26-29-21-14-20(6-7-22(21)36-26)35-16-34-17(3)31/h6-7,12-14,19H,4-5,8-11,15-16H2,1-3H3,(H,28,29). The Kier molecular flexibility index (Phi) is 8.48. The van der Waals surface area contributed by atoms with Gasteiger partial charge in [-0.2, -0.15) is 9.37 Å². The third-order valence-corrected chi connectivity index (χ3v) is 5.83. The van der Waals surface area contributed by atoms with Crippen LogP contribution in [0.15, 0.2) is 34.7 Å². The summed E-state index contributed by atoms with van der Waals surface area (Å²) in [6.07, 6.45) is 1.82. The molecular formula is C26H32FN3O6. The van der Waals surface area contributed by atoms with Crippen molar-refractivity contribution in [3.63, 3.8) is 0 Å². The summed E-state index contributed by atoms with van der Waals surface area (Å²) in [7, 11) is 0. The highest BCUT2D eigenvalue weighted by molar-refractivity contribution is 5.76. The first kappa shape index (κ1) is 25.6. The fraction of sp³-hybridized carbons (Fsp3) is 0.462. The van der Waals surface area contributed by atoms with Crippen LogP contribution < -0.4 is 19.5 Å². The zero-order valence-electron chi connectivity index (χ0n) is 20.8. The van der Waals surface area contributed by atoms with Crippen LogP contribution in [0.1, 0.15) is 39.2 Å². The maximum Gasteiger partial charge on any atom is 0.305 e. The molecule has 1 saturated heterocycles. The number of hydrogen-bond donors (Lipinski definition) is 1. The van der Waals surface area contributed by atoms with Crippen LogP contribution in [-0.4, -0.2) is 55.0 Å². The number of esters is 1. The molecule has 2 aromatic carbocycles. The number of aromatic nitrogens is 1. The average molecular weight is 502 g/mol. The monoisotopic (exact) mass is 501 g/mol. The van der Waals surface area contributed by atoms with E-state index < -0.39 is 11.8 Å². The number of fused-ring (bicyclic) bond motifs is 1. The van der Waals surface area contributed by atoms with E-state index in [2.05, 4.69) is 15.2 Å². The second-order valence-electron chi connectivity index (χ2n) is 8.51. The third kappa shape index (κ3) is 6.57. The van der Waals surface area contributed by atoms with Gasteiger partial charge in [0.2, 0.25) is 12.6 Å². The molecule has 9 nitrogen and oxygen atoms in total. The maximum absolute atomic E-state index is 14.5. The van der Waals surface area contributed by atoms with E-state index in [1.165, 1.54) is 6.92 Å².